The summed E-state index contributed by atoms with van der Waals surface area (Å²) in [5, 5.41) is 25.6. The molecule has 0 aliphatic carbocycles. The van der Waals surface area contributed by atoms with Crippen molar-refractivity contribution in [3.63, 3.8) is 0 Å². The van der Waals surface area contributed by atoms with Crippen LogP contribution < -0.4 is 0 Å². The maximum Gasteiger partial charge on any atom is 0.339 e. The molecule has 0 amide bonds. The fourth-order valence-corrected chi connectivity index (χ4v) is 1.70. The van der Waals surface area contributed by atoms with E-state index in [4.69, 9.17) is 16.7 Å². The molecule has 6 heteroatoms. The van der Waals surface area contributed by atoms with E-state index in [9.17, 15) is 9.90 Å². The number of carboxylic acid groups (broad SMARTS) is 1. The van der Waals surface area contributed by atoms with Crippen molar-refractivity contribution in [1.29, 1.82) is 0 Å². The van der Waals surface area contributed by atoms with E-state index in [1.807, 2.05) is 0 Å². The molecule has 0 aliphatic heterocycles. The number of aromatic hydroxyl groups is 1. The van der Waals surface area contributed by atoms with Crippen LogP contribution in [0.4, 0.5) is 0 Å². The van der Waals surface area contributed by atoms with Crippen molar-refractivity contribution in [3.8, 4) is 16.9 Å². The van der Waals surface area contributed by atoms with Crippen LogP contribution in [0, 0.1) is 0 Å². The van der Waals surface area contributed by atoms with Crippen molar-refractivity contribution in [1.82, 2.24) is 10.2 Å². The molecule has 0 aliphatic rings. The zero-order valence-electron chi connectivity index (χ0n) is 8.46. The maximum absolute atomic E-state index is 11.1. The van der Waals surface area contributed by atoms with E-state index in [1.54, 1.807) is 18.2 Å². The Kier molecular flexibility index (Phi) is 2.93. The van der Waals surface area contributed by atoms with Crippen molar-refractivity contribution in [2.75, 3.05) is 0 Å². The van der Waals surface area contributed by atoms with Gasteiger partial charge in [-0.2, -0.15) is 5.10 Å². The Bertz CT molecular complexity index is 587. The SMILES string of the molecule is O=C(O)c1c(-c2ccccc2O)cnnc1Cl. The Morgan fingerprint density at radius 3 is 2.59 bits per heavy atom. The number of carbonyl (C=O) groups is 1. The second-order valence-corrected chi connectivity index (χ2v) is 3.60. The third-order valence-electron chi connectivity index (χ3n) is 2.22. The number of hydrogen-bond donors (Lipinski definition) is 2. The van der Waals surface area contributed by atoms with Gasteiger partial charge in [-0.15, -0.1) is 5.10 Å². The van der Waals surface area contributed by atoms with E-state index in [0.29, 0.717) is 5.56 Å². The number of phenols is 1. The second kappa shape index (κ2) is 4.39. The van der Waals surface area contributed by atoms with Crippen LogP contribution in [0.2, 0.25) is 5.15 Å². The Hall–Kier alpha value is -2.14. The molecule has 1 aromatic carbocycles. The number of carboxylic acids is 1. The third-order valence-corrected chi connectivity index (χ3v) is 2.48. The van der Waals surface area contributed by atoms with E-state index in [-0.39, 0.29) is 22.0 Å². The number of benzene rings is 1. The minimum atomic E-state index is -1.22. The van der Waals surface area contributed by atoms with Gasteiger partial charge in [0.1, 0.15) is 11.3 Å². The average molecular weight is 251 g/mol. The lowest BCUT2D eigenvalue weighted by Crippen LogP contribution is -2.03. The summed E-state index contributed by atoms with van der Waals surface area (Å²) in [6.45, 7) is 0. The molecule has 17 heavy (non-hydrogen) atoms. The van der Waals surface area contributed by atoms with E-state index >= 15 is 0 Å². The van der Waals surface area contributed by atoms with Crippen molar-refractivity contribution < 1.29 is 15.0 Å². The number of aromatic nitrogens is 2. The minimum Gasteiger partial charge on any atom is -0.507 e. The molecule has 0 atom stereocenters. The van der Waals surface area contributed by atoms with E-state index < -0.39 is 5.97 Å². The molecule has 0 saturated carbocycles. The predicted octanol–water partition coefficient (Wildman–Crippen LogP) is 2.20. The molecule has 0 saturated heterocycles. The van der Waals surface area contributed by atoms with Gasteiger partial charge in [0.05, 0.1) is 6.20 Å². The molecular formula is C11H7ClN2O3. The van der Waals surface area contributed by atoms with Gasteiger partial charge in [-0.3, -0.25) is 0 Å². The lowest BCUT2D eigenvalue weighted by molar-refractivity contribution is 0.0697. The first-order chi connectivity index (χ1) is 8.11. The van der Waals surface area contributed by atoms with Crippen LogP contribution in [-0.4, -0.2) is 26.4 Å². The van der Waals surface area contributed by atoms with Crippen molar-refractivity contribution in [3.05, 3.63) is 41.2 Å². The molecule has 1 heterocycles. The summed E-state index contributed by atoms with van der Waals surface area (Å²) in [5.41, 5.74) is 0.403. The van der Waals surface area contributed by atoms with Crippen LogP contribution >= 0.6 is 11.6 Å². The van der Waals surface area contributed by atoms with E-state index in [0.717, 1.165) is 0 Å². The molecule has 0 bridgehead atoms. The summed E-state index contributed by atoms with van der Waals surface area (Å²) >= 11 is 5.69. The number of aromatic carboxylic acids is 1. The number of para-hydroxylation sites is 1. The Morgan fingerprint density at radius 2 is 1.94 bits per heavy atom. The average Bonchev–Trinajstić information content (AvgIpc) is 2.28. The van der Waals surface area contributed by atoms with E-state index in [2.05, 4.69) is 10.2 Å². The van der Waals surface area contributed by atoms with Crippen LogP contribution in [-0.2, 0) is 0 Å². The molecule has 2 aromatic rings. The standard InChI is InChI=1S/C11H7ClN2O3/c12-10-9(11(16)17)7(5-13-14-10)6-3-1-2-4-8(6)15/h1-5,15H,(H,16,17). The lowest BCUT2D eigenvalue weighted by Gasteiger charge is -2.07. The highest BCUT2D eigenvalue weighted by atomic mass is 35.5. The number of halogens is 1. The van der Waals surface area contributed by atoms with Gasteiger partial charge in [0, 0.05) is 11.1 Å². The van der Waals surface area contributed by atoms with Gasteiger partial charge in [-0.1, -0.05) is 29.8 Å². The van der Waals surface area contributed by atoms with E-state index in [1.165, 1.54) is 12.3 Å². The summed E-state index contributed by atoms with van der Waals surface area (Å²) in [6.07, 6.45) is 1.25. The first kappa shape index (κ1) is 11.3. The van der Waals surface area contributed by atoms with Crippen LogP contribution in [0.15, 0.2) is 30.5 Å². The zero-order chi connectivity index (χ0) is 12.4. The number of hydrogen-bond acceptors (Lipinski definition) is 4. The van der Waals surface area contributed by atoms with Gasteiger partial charge in [-0.25, -0.2) is 4.79 Å². The number of rotatable bonds is 2. The summed E-state index contributed by atoms with van der Waals surface area (Å²) in [6, 6.07) is 6.34. The van der Waals surface area contributed by atoms with Gasteiger partial charge < -0.3 is 10.2 Å². The lowest BCUT2D eigenvalue weighted by atomic mass is 10.0. The summed E-state index contributed by atoms with van der Waals surface area (Å²) in [4.78, 5) is 11.1. The van der Waals surface area contributed by atoms with Crippen molar-refractivity contribution in [2.24, 2.45) is 0 Å². The number of phenolic OH excluding ortho intramolecular Hbond substituents is 1. The molecule has 0 radical (unpaired) electrons. The fourth-order valence-electron chi connectivity index (χ4n) is 1.47. The highest BCUT2D eigenvalue weighted by Gasteiger charge is 2.19. The van der Waals surface area contributed by atoms with Crippen LogP contribution in [0.3, 0.4) is 0 Å². The monoisotopic (exact) mass is 250 g/mol. The van der Waals surface area contributed by atoms with Crippen molar-refractivity contribution in [2.45, 2.75) is 0 Å². The molecule has 2 rings (SSSR count). The Balaban J connectivity index is 2.72. The van der Waals surface area contributed by atoms with Crippen LogP contribution in [0.5, 0.6) is 5.75 Å². The smallest absolute Gasteiger partial charge is 0.339 e. The Morgan fingerprint density at radius 1 is 1.24 bits per heavy atom. The zero-order valence-corrected chi connectivity index (χ0v) is 9.22. The predicted molar refractivity (Wildman–Crippen MR) is 61.1 cm³/mol. The highest BCUT2D eigenvalue weighted by molar-refractivity contribution is 6.33. The van der Waals surface area contributed by atoms with Gasteiger partial charge >= 0.3 is 5.97 Å². The first-order valence-corrected chi connectivity index (χ1v) is 5.02. The topological polar surface area (TPSA) is 83.3 Å². The fraction of sp³-hybridized carbons (Fsp3) is 0. The first-order valence-electron chi connectivity index (χ1n) is 4.64. The molecule has 0 fully saturated rings. The van der Waals surface area contributed by atoms with Crippen molar-refractivity contribution >= 4 is 17.6 Å². The molecule has 0 unspecified atom stereocenters. The third kappa shape index (κ3) is 2.05. The molecular weight excluding hydrogens is 244 g/mol. The van der Waals surface area contributed by atoms with Gasteiger partial charge in [0.25, 0.3) is 0 Å². The quantitative estimate of drug-likeness (QED) is 0.854. The summed E-state index contributed by atoms with van der Waals surface area (Å²) in [7, 11) is 0. The molecule has 86 valence electrons. The van der Waals surface area contributed by atoms with Gasteiger partial charge in [-0.05, 0) is 6.07 Å². The molecule has 2 N–H and O–H groups in total. The normalized spacial score (nSPS) is 10.2. The highest BCUT2D eigenvalue weighted by Crippen LogP contribution is 2.32. The minimum absolute atomic E-state index is 0.0425. The van der Waals surface area contributed by atoms with Gasteiger partial charge in [0.15, 0.2) is 5.15 Å². The Labute approximate surface area is 101 Å². The largest absolute Gasteiger partial charge is 0.507 e. The van der Waals surface area contributed by atoms with Gasteiger partial charge in [0.2, 0.25) is 0 Å². The van der Waals surface area contributed by atoms with Crippen LogP contribution in [0.1, 0.15) is 10.4 Å². The number of nitrogens with zero attached hydrogens (tertiary/aromatic N) is 2. The second-order valence-electron chi connectivity index (χ2n) is 3.25. The molecule has 1 aromatic heterocycles. The summed E-state index contributed by atoms with van der Waals surface area (Å²) in [5.74, 6) is -1.26. The molecule has 5 nitrogen and oxygen atoms in total. The molecule has 0 spiro atoms. The summed E-state index contributed by atoms with van der Waals surface area (Å²) < 4.78 is 0. The van der Waals surface area contributed by atoms with Crippen LogP contribution in [0.25, 0.3) is 11.1 Å². The maximum atomic E-state index is 11.1.